The average molecular weight is 232 g/mol. The van der Waals surface area contributed by atoms with Crippen LogP contribution in [0.1, 0.15) is 49.9 Å². The molecule has 0 saturated heterocycles. The molecule has 0 bridgehead atoms. The fraction of sp³-hybridized carbons (Fsp3) is 0.667. The van der Waals surface area contributed by atoms with Crippen molar-refractivity contribution in [3.8, 4) is 0 Å². The third-order valence-corrected chi connectivity index (χ3v) is 4.04. The van der Waals surface area contributed by atoms with Crippen molar-refractivity contribution in [1.82, 2.24) is 10.3 Å². The lowest BCUT2D eigenvalue weighted by atomic mass is 9.77. The molecule has 2 rings (SSSR count). The van der Waals surface area contributed by atoms with Crippen LogP contribution in [-0.2, 0) is 0 Å². The zero-order valence-corrected chi connectivity index (χ0v) is 11.2. The summed E-state index contributed by atoms with van der Waals surface area (Å²) < 4.78 is 0. The first-order valence-corrected chi connectivity index (χ1v) is 6.80. The SMILES string of the molecule is CNC(c1ccnc(C)c1)C1CCCC(C)C1. The third kappa shape index (κ3) is 3.06. The normalized spacial score (nSPS) is 26.8. The van der Waals surface area contributed by atoms with E-state index < -0.39 is 0 Å². The summed E-state index contributed by atoms with van der Waals surface area (Å²) in [5.74, 6) is 1.66. The molecule has 2 heteroatoms. The second-order valence-corrected chi connectivity index (χ2v) is 5.53. The van der Waals surface area contributed by atoms with E-state index in [1.807, 2.05) is 6.20 Å². The van der Waals surface area contributed by atoms with Crippen LogP contribution in [-0.4, -0.2) is 12.0 Å². The predicted octanol–water partition coefficient (Wildman–Crippen LogP) is 3.48. The van der Waals surface area contributed by atoms with E-state index in [2.05, 4.69) is 43.3 Å². The molecule has 0 spiro atoms. The van der Waals surface area contributed by atoms with E-state index in [4.69, 9.17) is 0 Å². The van der Waals surface area contributed by atoms with Crippen molar-refractivity contribution in [2.24, 2.45) is 11.8 Å². The molecule has 3 unspecified atom stereocenters. The Hall–Kier alpha value is -0.890. The van der Waals surface area contributed by atoms with Gasteiger partial charge in [-0.25, -0.2) is 0 Å². The molecule has 3 atom stereocenters. The van der Waals surface area contributed by atoms with Gasteiger partial charge in [0.2, 0.25) is 0 Å². The van der Waals surface area contributed by atoms with Gasteiger partial charge in [0, 0.05) is 17.9 Å². The number of rotatable bonds is 3. The minimum absolute atomic E-state index is 0.499. The lowest BCUT2D eigenvalue weighted by Gasteiger charge is -2.33. The van der Waals surface area contributed by atoms with Gasteiger partial charge in [-0.05, 0) is 56.3 Å². The Bertz CT molecular complexity index is 362. The van der Waals surface area contributed by atoms with E-state index in [0.29, 0.717) is 6.04 Å². The average Bonchev–Trinajstić information content (AvgIpc) is 2.30. The molecule has 1 aromatic rings. The van der Waals surface area contributed by atoms with Crippen LogP contribution in [0.2, 0.25) is 0 Å². The van der Waals surface area contributed by atoms with Crippen LogP contribution in [0.3, 0.4) is 0 Å². The molecule has 1 aliphatic rings. The maximum atomic E-state index is 4.29. The predicted molar refractivity (Wildman–Crippen MR) is 71.9 cm³/mol. The molecule has 0 amide bonds. The number of nitrogens with one attached hydrogen (secondary N) is 1. The van der Waals surface area contributed by atoms with Crippen LogP contribution in [0.25, 0.3) is 0 Å². The van der Waals surface area contributed by atoms with Crippen molar-refractivity contribution >= 4 is 0 Å². The summed E-state index contributed by atoms with van der Waals surface area (Å²) in [5.41, 5.74) is 2.52. The number of aryl methyl sites for hydroxylation is 1. The molecular formula is C15H24N2. The summed E-state index contributed by atoms with van der Waals surface area (Å²) in [7, 11) is 2.08. The van der Waals surface area contributed by atoms with Gasteiger partial charge >= 0.3 is 0 Å². The van der Waals surface area contributed by atoms with Gasteiger partial charge in [0.15, 0.2) is 0 Å². The first-order valence-electron chi connectivity index (χ1n) is 6.80. The maximum absolute atomic E-state index is 4.29. The fourth-order valence-electron chi connectivity index (χ4n) is 3.22. The van der Waals surface area contributed by atoms with Crippen LogP contribution in [0.15, 0.2) is 18.3 Å². The van der Waals surface area contributed by atoms with Crippen molar-refractivity contribution in [2.75, 3.05) is 7.05 Å². The smallest absolute Gasteiger partial charge is 0.0375 e. The summed E-state index contributed by atoms with van der Waals surface area (Å²) in [6.45, 7) is 4.45. The lowest BCUT2D eigenvalue weighted by molar-refractivity contribution is 0.230. The summed E-state index contributed by atoms with van der Waals surface area (Å²) in [6, 6.07) is 4.88. The Morgan fingerprint density at radius 3 is 2.88 bits per heavy atom. The molecular weight excluding hydrogens is 208 g/mol. The molecule has 2 nitrogen and oxygen atoms in total. The Balaban J connectivity index is 2.15. The topological polar surface area (TPSA) is 24.9 Å². The zero-order chi connectivity index (χ0) is 12.3. The van der Waals surface area contributed by atoms with Crippen LogP contribution >= 0.6 is 0 Å². The highest BCUT2D eigenvalue weighted by molar-refractivity contribution is 5.20. The van der Waals surface area contributed by atoms with Gasteiger partial charge < -0.3 is 5.32 Å². The Morgan fingerprint density at radius 1 is 1.41 bits per heavy atom. The standard InChI is InChI=1S/C15H24N2/c1-11-5-4-6-13(9-11)15(16-3)14-7-8-17-12(2)10-14/h7-8,10-11,13,15-16H,4-6,9H2,1-3H3. The highest BCUT2D eigenvalue weighted by Crippen LogP contribution is 2.36. The van der Waals surface area contributed by atoms with E-state index in [1.54, 1.807) is 0 Å². The van der Waals surface area contributed by atoms with Crippen LogP contribution < -0.4 is 5.32 Å². The van der Waals surface area contributed by atoms with Crippen molar-refractivity contribution in [3.05, 3.63) is 29.6 Å². The van der Waals surface area contributed by atoms with Gasteiger partial charge in [-0.3, -0.25) is 4.98 Å². The lowest BCUT2D eigenvalue weighted by Crippen LogP contribution is -2.29. The Labute approximate surface area is 105 Å². The van der Waals surface area contributed by atoms with E-state index >= 15 is 0 Å². The van der Waals surface area contributed by atoms with Crippen molar-refractivity contribution in [1.29, 1.82) is 0 Å². The summed E-state index contributed by atoms with van der Waals surface area (Å²) in [6.07, 6.45) is 7.43. The molecule has 0 aliphatic heterocycles. The molecule has 1 heterocycles. The van der Waals surface area contributed by atoms with Gasteiger partial charge in [-0.15, -0.1) is 0 Å². The van der Waals surface area contributed by atoms with Gasteiger partial charge in [0.05, 0.1) is 0 Å². The minimum atomic E-state index is 0.499. The highest BCUT2D eigenvalue weighted by Gasteiger charge is 2.26. The third-order valence-electron chi connectivity index (χ3n) is 4.04. The number of aromatic nitrogens is 1. The van der Waals surface area contributed by atoms with Crippen molar-refractivity contribution < 1.29 is 0 Å². The minimum Gasteiger partial charge on any atom is -0.313 e. The Kier molecular flexibility index (Phi) is 4.16. The molecule has 94 valence electrons. The molecule has 1 aromatic heterocycles. The summed E-state index contributed by atoms with van der Waals surface area (Å²) in [4.78, 5) is 4.29. The van der Waals surface area contributed by atoms with Gasteiger partial charge in [0.25, 0.3) is 0 Å². The quantitative estimate of drug-likeness (QED) is 0.863. The van der Waals surface area contributed by atoms with E-state index in [9.17, 15) is 0 Å². The zero-order valence-electron chi connectivity index (χ0n) is 11.2. The number of pyridine rings is 1. The first kappa shape index (κ1) is 12.6. The maximum Gasteiger partial charge on any atom is 0.0375 e. The molecule has 17 heavy (non-hydrogen) atoms. The van der Waals surface area contributed by atoms with Gasteiger partial charge in [0.1, 0.15) is 0 Å². The van der Waals surface area contributed by atoms with Crippen molar-refractivity contribution in [3.63, 3.8) is 0 Å². The first-order chi connectivity index (χ1) is 8.20. The number of hydrogen-bond donors (Lipinski definition) is 1. The van der Waals surface area contributed by atoms with Gasteiger partial charge in [-0.2, -0.15) is 0 Å². The molecule has 1 fully saturated rings. The monoisotopic (exact) mass is 232 g/mol. The van der Waals surface area contributed by atoms with Crippen LogP contribution in [0, 0.1) is 18.8 Å². The Morgan fingerprint density at radius 2 is 2.24 bits per heavy atom. The summed E-state index contributed by atoms with van der Waals surface area (Å²) in [5, 5.41) is 3.51. The second-order valence-electron chi connectivity index (χ2n) is 5.53. The van der Waals surface area contributed by atoms with E-state index in [-0.39, 0.29) is 0 Å². The number of nitrogens with zero attached hydrogens (tertiary/aromatic N) is 1. The van der Waals surface area contributed by atoms with Crippen molar-refractivity contribution in [2.45, 2.75) is 45.6 Å². The summed E-state index contributed by atoms with van der Waals surface area (Å²) >= 11 is 0. The molecule has 0 radical (unpaired) electrons. The van der Waals surface area contributed by atoms with E-state index in [0.717, 1.165) is 17.5 Å². The molecule has 0 aromatic carbocycles. The second kappa shape index (κ2) is 5.63. The molecule has 1 N–H and O–H groups in total. The van der Waals surface area contributed by atoms with Crippen LogP contribution in [0.5, 0.6) is 0 Å². The van der Waals surface area contributed by atoms with Crippen LogP contribution in [0.4, 0.5) is 0 Å². The highest BCUT2D eigenvalue weighted by atomic mass is 14.9. The number of hydrogen-bond acceptors (Lipinski definition) is 2. The van der Waals surface area contributed by atoms with Gasteiger partial charge in [-0.1, -0.05) is 19.8 Å². The molecule has 1 aliphatic carbocycles. The fourth-order valence-corrected chi connectivity index (χ4v) is 3.22. The molecule has 1 saturated carbocycles. The van der Waals surface area contributed by atoms with E-state index in [1.165, 1.54) is 31.2 Å². The largest absolute Gasteiger partial charge is 0.313 e.